The highest BCUT2D eigenvalue weighted by Crippen LogP contribution is 2.27. The molecule has 0 unspecified atom stereocenters. The molecule has 1 heterocycles. The molecule has 0 saturated carbocycles. The Balaban J connectivity index is 2.24. The first-order valence-corrected chi connectivity index (χ1v) is 6.50. The minimum absolute atomic E-state index is 0.195. The zero-order valence-electron chi connectivity index (χ0n) is 11.1. The summed E-state index contributed by atoms with van der Waals surface area (Å²) in [7, 11) is 4.05. The number of carbonyl (C=O) groups excluding carboxylic acids is 2. The number of nitrogens with zero attached hydrogens (tertiary/aromatic N) is 1. The van der Waals surface area contributed by atoms with Gasteiger partial charge in [-0.15, -0.1) is 0 Å². The van der Waals surface area contributed by atoms with Crippen LogP contribution in [0.5, 0.6) is 0 Å². The third kappa shape index (κ3) is 2.53. The minimum atomic E-state index is 0.195. The predicted molar refractivity (Wildman–Crippen MR) is 70.3 cm³/mol. The van der Waals surface area contributed by atoms with E-state index in [9.17, 15) is 9.59 Å². The molecule has 98 valence electrons. The molecule has 0 amide bonds. The molecule has 0 atom stereocenters. The van der Waals surface area contributed by atoms with Gasteiger partial charge in [-0.1, -0.05) is 0 Å². The third-order valence-electron chi connectivity index (χ3n) is 3.47. The van der Waals surface area contributed by atoms with Crippen LogP contribution in [0.3, 0.4) is 0 Å². The number of aromatic nitrogens is 1. The van der Waals surface area contributed by atoms with Crippen molar-refractivity contribution in [3.8, 4) is 0 Å². The van der Waals surface area contributed by atoms with Gasteiger partial charge < -0.3 is 9.88 Å². The maximum Gasteiger partial charge on any atom is 0.166 e. The summed E-state index contributed by atoms with van der Waals surface area (Å²) >= 11 is 0. The van der Waals surface area contributed by atoms with Crippen molar-refractivity contribution in [1.82, 2.24) is 9.88 Å². The van der Waals surface area contributed by atoms with Gasteiger partial charge in [0.15, 0.2) is 12.1 Å². The smallest absolute Gasteiger partial charge is 0.166 e. The van der Waals surface area contributed by atoms with Gasteiger partial charge in [-0.2, -0.15) is 0 Å². The standard InChI is InChI=1S/C14H20N2O2/c1-16(2)8-4-5-10-12(9-17)15-11-6-3-7-13(18)14(10)11/h9,15H,3-8H2,1-2H3. The van der Waals surface area contributed by atoms with Crippen LogP contribution in [0, 0.1) is 0 Å². The van der Waals surface area contributed by atoms with E-state index in [1.165, 1.54) is 0 Å². The number of aryl methyl sites for hydroxylation is 1. The number of carbonyl (C=O) groups is 2. The Labute approximate surface area is 107 Å². The highest BCUT2D eigenvalue weighted by molar-refractivity contribution is 6.01. The number of hydrogen-bond acceptors (Lipinski definition) is 3. The molecular weight excluding hydrogens is 228 g/mol. The van der Waals surface area contributed by atoms with Gasteiger partial charge in [0, 0.05) is 17.7 Å². The molecule has 1 aliphatic rings. The lowest BCUT2D eigenvalue weighted by atomic mass is 9.91. The second-order valence-corrected chi connectivity index (χ2v) is 5.17. The highest BCUT2D eigenvalue weighted by Gasteiger charge is 2.25. The van der Waals surface area contributed by atoms with Gasteiger partial charge in [0.1, 0.15) is 0 Å². The van der Waals surface area contributed by atoms with Crippen molar-refractivity contribution in [2.24, 2.45) is 0 Å². The second kappa shape index (κ2) is 5.48. The first-order valence-electron chi connectivity index (χ1n) is 6.50. The van der Waals surface area contributed by atoms with Crippen LogP contribution < -0.4 is 0 Å². The quantitative estimate of drug-likeness (QED) is 0.809. The summed E-state index contributed by atoms with van der Waals surface area (Å²) in [5.74, 6) is 0.195. The van der Waals surface area contributed by atoms with Crippen LogP contribution in [0.15, 0.2) is 0 Å². The van der Waals surface area contributed by atoms with Crippen molar-refractivity contribution < 1.29 is 9.59 Å². The van der Waals surface area contributed by atoms with Crippen LogP contribution in [0.4, 0.5) is 0 Å². The van der Waals surface area contributed by atoms with Crippen molar-refractivity contribution in [3.05, 3.63) is 22.5 Å². The van der Waals surface area contributed by atoms with E-state index in [0.29, 0.717) is 12.1 Å². The van der Waals surface area contributed by atoms with E-state index in [1.807, 2.05) is 14.1 Å². The molecule has 1 aliphatic carbocycles. The summed E-state index contributed by atoms with van der Waals surface area (Å²) < 4.78 is 0. The van der Waals surface area contributed by atoms with E-state index in [2.05, 4.69) is 9.88 Å². The van der Waals surface area contributed by atoms with Crippen molar-refractivity contribution in [2.75, 3.05) is 20.6 Å². The number of fused-ring (bicyclic) bond motifs is 1. The molecule has 18 heavy (non-hydrogen) atoms. The van der Waals surface area contributed by atoms with E-state index < -0.39 is 0 Å². The van der Waals surface area contributed by atoms with Crippen molar-refractivity contribution >= 4 is 12.1 Å². The van der Waals surface area contributed by atoms with Crippen LogP contribution in [-0.4, -0.2) is 42.6 Å². The van der Waals surface area contributed by atoms with E-state index in [4.69, 9.17) is 0 Å². The SMILES string of the molecule is CN(C)CCCc1c(C=O)[nH]c2c1C(=O)CCC2. The lowest BCUT2D eigenvalue weighted by molar-refractivity contribution is 0.0971. The molecule has 4 nitrogen and oxygen atoms in total. The Hall–Kier alpha value is -1.42. The number of rotatable bonds is 5. The fourth-order valence-electron chi connectivity index (χ4n) is 2.62. The monoisotopic (exact) mass is 248 g/mol. The molecule has 1 N–H and O–H groups in total. The van der Waals surface area contributed by atoms with Crippen LogP contribution in [-0.2, 0) is 12.8 Å². The highest BCUT2D eigenvalue weighted by atomic mass is 16.1. The van der Waals surface area contributed by atoms with Gasteiger partial charge in [-0.3, -0.25) is 9.59 Å². The Kier molecular flexibility index (Phi) is 3.97. The van der Waals surface area contributed by atoms with Gasteiger partial charge in [0.2, 0.25) is 0 Å². The van der Waals surface area contributed by atoms with Gasteiger partial charge >= 0.3 is 0 Å². The Morgan fingerprint density at radius 1 is 1.33 bits per heavy atom. The normalized spacial score (nSPS) is 14.9. The summed E-state index contributed by atoms with van der Waals surface area (Å²) in [5.41, 5.74) is 3.32. The van der Waals surface area contributed by atoms with E-state index >= 15 is 0 Å². The molecule has 0 radical (unpaired) electrons. The van der Waals surface area contributed by atoms with Crippen molar-refractivity contribution in [3.63, 3.8) is 0 Å². The molecule has 4 heteroatoms. The van der Waals surface area contributed by atoms with Crippen molar-refractivity contribution in [1.29, 1.82) is 0 Å². The first kappa shape index (κ1) is 13.0. The summed E-state index contributed by atoms with van der Waals surface area (Å²) in [6, 6.07) is 0. The topological polar surface area (TPSA) is 53.2 Å². The van der Waals surface area contributed by atoms with Gasteiger partial charge in [0.25, 0.3) is 0 Å². The molecule has 0 fully saturated rings. The third-order valence-corrected chi connectivity index (χ3v) is 3.47. The average Bonchev–Trinajstić information content (AvgIpc) is 2.68. The zero-order valence-corrected chi connectivity index (χ0v) is 11.1. The molecule has 2 rings (SSSR count). The molecule has 1 aromatic rings. The molecular formula is C14H20N2O2. The largest absolute Gasteiger partial charge is 0.355 e. The van der Waals surface area contributed by atoms with E-state index in [0.717, 1.165) is 55.3 Å². The molecule has 0 saturated heterocycles. The molecule has 1 aromatic heterocycles. The van der Waals surface area contributed by atoms with Crippen LogP contribution in [0.2, 0.25) is 0 Å². The number of hydrogen-bond donors (Lipinski definition) is 1. The number of aromatic amines is 1. The average molecular weight is 248 g/mol. The number of nitrogens with one attached hydrogen (secondary N) is 1. The number of aldehydes is 1. The van der Waals surface area contributed by atoms with Gasteiger partial charge in [-0.05, 0) is 51.9 Å². The van der Waals surface area contributed by atoms with E-state index in [-0.39, 0.29) is 5.78 Å². The number of Topliss-reactive ketones (excluding diaryl/α,β-unsaturated/α-hetero) is 1. The van der Waals surface area contributed by atoms with Crippen LogP contribution in [0.25, 0.3) is 0 Å². The maximum absolute atomic E-state index is 12.0. The molecule has 0 aliphatic heterocycles. The number of ketones is 1. The Bertz CT molecular complexity index is 461. The predicted octanol–water partition coefficient (Wildman–Crippen LogP) is 1.84. The first-order chi connectivity index (χ1) is 8.63. The summed E-state index contributed by atoms with van der Waals surface area (Å²) in [6.07, 6.45) is 4.99. The molecule has 0 aromatic carbocycles. The van der Waals surface area contributed by atoms with Gasteiger partial charge in [-0.25, -0.2) is 0 Å². The zero-order chi connectivity index (χ0) is 13.1. The van der Waals surface area contributed by atoms with E-state index in [1.54, 1.807) is 0 Å². The number of H-pyrrole nitrogens is 1. The summed E-state index contributed by atoms with van der Waals surface area (Å²) in [4.78, 5) is 28.3. The van der Waals surface area contributed by atoms with Gasteiger partial charge in [0.05, 0.1) is 5.69 Å². The lowest BCUT2D eigenvalue weighted by Crippen LogP contribution is -2.15. The summed E-state index contributed by atoms with van der Waals surface area (Å²) in [6.45, 7) is 0.965. The fourth-order valence-corrected chi connectivity index (χ4v) is 2.62. The van der Waals surface area contributed by atoms with Crippen LogP contribution >= 0.6 is 0 Å². The molecule has 0 spiro atoms. The fraction of sp³-hybridized carbons (Fsp3) is 0.571. The van der Waals surface area contributed by atoms with Crippen molar-refractivity contribution in [2.45, 2.75) is 32.1 Å². The molecule has 0 bridgehead atoms. The Morgan fingerprint density at radius 3 is 2.78 bits per heavy atom. The minimum Gasteiger partial charge on any atom is -0.355 e. The van der Waals surface area contributed by atoms with Crippen LogP contribution in [0.1, 0.15) is 51.4 Å². The lowest BCUT2D eigenvalue weighted by Gasteiger charge is -2.13. The second-order valence-electron chi connectivity index (χ2n) is 5.17. The Morgan fingerprint density at radius 2 is 2.11 bits per heavy atom. The summed E-state index contributed by atoms with van der Waals surface area (Å²) in [5, 5.41) is 0. The maximum atomic E-state index is 12.0.